The molecule has 2 heterocycles. The van der Waals surface area contributed by atoms with Gasteiger partial charge in [0.15, 0.2) is 5.03 Å². The molecule has 134 valence electrons. The fourth-order valence-electron chi connectivity index (χ4n) is 2.71. The molecule has 1 amide bonds. The van der Waals surface area contributed by atoms with E-state index in [1.807, 2.05) is 13.8 Å². The molecular formula is C14H22N4O5S. The maximum Gasteiger partial charge on any atom is 0.407 e. The number of rotatable bonds is 6. The lowest BCUT2D eigenvalue weighted by Crippen LogP contribution is -2.41. The minimum Gasteiger partial charge on any atom is -0.465 e. The lowest BCUT2D eigenvalue weighted by Gasteiger charge is -2.27. The molecule has 0 spiro atoms. The van der Waals surface area contributed by atoms with Gasteiger partial charge in [0.2, 0.25) is 0 Å². The fraction of sp³-hybridized carbons (Fsp3) is 0.571. The summed E-state index contributed by atoms with van der Waals surface area (Å²) in [4.78, 5) is 16.5. The number of nitrogens with two attached hydrogens (primary N) is 1. The quantitative estimate of drug-likeness (QED) is 0.637. The molecule has 1 aromatic rings. The predicted octanol–water partition coefficient (Wildman–Crippen LogP) is 0.688. The molecule has 24 heavy (non-hydrogen) atoms. The number of aromatic nitrogens is 1. The van der Waals surface area contributed by atoms with Gasteiger partial charge < -0.3 is 20.1 Å². The molecular weight excluding hydrogens is 336 g/mol. The minimum absolute atomic E-state index is 0.165. The Balaban J connectivity index is 1.81. The third-order valence-corrected chi connectivity index (χ3v) is 4.66. The second-order valence-corrected chi connectivity index (χ2v) is 7.74. The summed E-state index contributed by atoms with van der Waals surface area (Å²) in [5, 5.41) is 16.9. The van der Waals surface area contributed by atoms with Crippen LogP contribution >= 0.6 is 0 Å². The Morgan fingerprint density at radius 3 is 2.83 bits per heavy atom. The molecule has 2 rings (SSSR count). The zero-order valence-electron chi connectivity index (χ0n) is 13.6. The molecule has 1 saturated heterocycles. The number of nitrogens with one attached hydrogen (secondary N) is 1. The molecule has 10 heteroatoms. The number of nitrogens with zero attached hydrogens (tertiary/aromatic N) is 2. The lowest BCUT2D eigenvalue weighted by molar-refractivity contribution is 0.0655. The van der Waals surface area contributed by atoms with Crippen LogP contribution in [0.4, 0.5) is 10.6 Å². The molecule has 0 bridgehead atoms. The van der Waals surface area contributed by atoms with E-state index in [1.54, 1.807) is 12.1 Å². The van der Waals surface area contributed by atoms with E-state index in [0.717, 1.165) is 0 Å². The van der Waals surface area contributed by atoms with Crippen LogP contribution in [0.15, 0.2) is 23.2 Å². The predicted molar refractivity (Wildman–Crippen MR) is 87.3 cm³/mol. The lowest BCUT2D eigenvalue weighted by atomic mass is 10.0. The standard InChI is InChI=1S/C14H22N4O5S/c1-14(2)8-10(9-18(14)13(19)20)23-7-6-16-11-4-3-5-12(17-11)24(15,21)22/h3-5,10H,6-9H2,1-2H3,(H,16,17)(H,19,20)(H2,15,21,22). The SMILES string of the molecule is CC1(C)CC(OCCNc2cccc(S(N)(=O)=O)n2)CN1C(=O)O. The Morgan fingerprint density at radius 1 is 1.54 bits per heavy atom. The van der Waals surface area contributed by atoms with Crippen LogP contribution in [0, 0.1) is 0 Å². The van der Waals surface area contributed by atoms with Crippen LogP contribution in [0.2, 0.25) is 0 Å². The van der Waals surface area contributed by atoms with Crippen LogP contribution in [0.1, 0.15) is 20.3 Å². The van der Waals surface area contributed by atoms with Crippen LogP contribution < -0.4 is 10.5 Å². The third-order valence-electron chi connectivity index (χ3n) is 3.85. The van der Waals surface area contributed by atoms with Crippen molar-refractivity contribution in [1.82, 2.24) is 9.88 Å². The van der Waals surface area contributed by atoms with Crippen LogP contribution in [0.3, 0.4) is 0 Å². The van der Waals surface area contributed by atoms with Gasteiger partial charge in [-0.25, -0.2) is 23.3 Å². The average Bonchev–Trinajstić information content (AvgIpc) is 2.78. The summed E-state index contributed by atoms with van der Waals surface area (Å²) in [5.74, 6) is 0.379. The van der Waals surface area contributed by atoms with E-state index in [1.165, 1.54) is 11.0 Å². The molecule has 1 aliphatic heterocycles. The first-order chi connectivity index (χ1) is 11.1. The van der Waals surface area contributed by atoms with Crippen LogP contribution in [0.5, 0.6) is 0 Å². The monoisotopic (exact) mass is 358 g/mol. The molecule has 0 aromatic carbocycles. The number of likely N-dealkylation sites (tertiary alicyclic amines) is 1. The highest BCUT2D eigenvalue weighted by Crippen LogP contribution is 2.30. The van der Waals surface area contributed by atoms with Gasteiger partial charge in [-0.3, -0.25) is 0 Å². The van der Waals surface area contributed by atoms with Gasteiger partial charge in [-0.05, 0) is 32.4 Å². The smallest absolute Gasteiger partial charge is 0.407 e. The summed E-state index contributed by atoms with van der Waals surface area (Å²) in [6, 6.07) is 4.48. The van der Waals surface area contributed by atoms with Crippen molar-refractivity contribution in [3.63, 3.8) is 0 Å². The first-order valence-corrected chi connectivity index (χ1v) is 9.00. The first kappa shape index (κ1) is 18.4. The Labute approximate surface area is 140 Å². The molecule has 9 nitrogen and oxygen atoms in total. The highest BCUT2D eigenvalue weighted by Gasteiger charge is 2.41. The number of primary sulfonamides is 1. The highest BCUT2D eigenvalue weighted by atomic mass is 32.2. The fourth-order valence-corrected chi connectivity index (χ4v) is 3.20. The molecule has 0 saturated carbocycles. The van der Waals surface area contributed by atoms with Gasteiger partial charge in [-0.2, -0.15) is 0 Å². The minimum atomic E-state index is -3.84. The average molecular weight is 358 g/mol. The van der Waals surface area contributed by atoms with Gasteiger partial charge >= 0.3 is 6.09 Å². The van der Waals surface area contributed by atoms with Gasteiger partial charge in [-0.1, -0.05) is 6.07 Å². The van der Waals surface area contributed by atoms with E-state index in [0.29, 0.717) is 31.9 Å². The number of carboxylic acid groups (broad SMARTS) is 1. The molecule has 4 N–H and O–H groups in total. The molecule has 1 fully saturated rings. The second kappa shape index (κ2) is 6.91. The van der Waals surface area contributed by atoms with Gasteiger partial charge in [-0.15, -0.1) is 0 Å². The Bertz CT molecular complexity index is 707. The highest BCUT2D eigenvalue weighted by molar-refractivity contribution is 7.89. The van der Waals surface area contributed by atoms with E-state index >= 15 is 0 Å². The van der Waals surface area contributed by atoms with Crippen molar-refractivity contribution < 1.29 is 23.1 Å². The number of carbonyl (C=O) groups is 1. The van der Waals surface area contributed by atoms with Crippen LogP contribution in [-0.2, 0) is 14.8 Å². The number of hydrogen-bond donors (Lipinski definition) is 3. The van der Waals surface area contributed by atoms with Gasteiger partial charge in [0, 0.05) is 12.1 Å². The van der Waals surface area contributed by atoms with Crippen LogP contribution in [-0.4, -0.2) is 60.8 Å². The van der Waals surface area contributed by atoms with Gasteiger partial charge in [0.05, 0.1) is 19.3 Å². The Kier molecular flexibility index (Phi) is 5.31. The number of pyridine rings is 1. The number of amides is 1. The van der Waals surface area contributed by atoms with E-state index < -0.39 is 21.7 Å². The first-order valence-electron chi connectivity index (χ1n) is 7.45. The van der Waals surface area contributed by atoms with E-state index in [4.69, 9.17) is 15.0 Å². The largest absolute Gasteiger partial charge is 0.465 e. The molecule has 1 aliphatic rings. The number of ether oxygens (including phenoxy) is 1. The summed E-state index contributed by atoms with van der Waals surface area (Å²) in [6.07, 6.45) is -0.492. The zero-order valence-corrected chi connectivity index (χ0v) is 14.4. The molecule has 1 aromatic heterocycles. The molecule has 0 radical (unpaired) electrons. The summed E-state index contributed by atoms with van der Waals surface area (Å²) >= 11 is 0. The van der Waals surface area contributed by atoms with Crippen molar-refractivity contribution in [2.75, 3.05) is 25.0 Å². The summed E-state index contributed by atoms with van der Waals surface area (Å²) < 4.78 is 28.2. The van der Waals surface area contributed by atoms with E-state index in [9.17, 15) is 13.2 Å². The number of anilines is 1. The van der Waals surface area contributed by atoms with Crippen molar-refractivity contribution >= 4 is 21.9 Å². The molecule has 1 atom stereocenters. The normalized spacial score (nSPS) is 20.1. The second-order valence-electron chi connectivity index (χ2n) is 6.24. The van der Waals surface area contributed by atoms with E-state index in [2.05, 4.69) is 10.3 Å². The maximum absolute atomic E-state index is 11.2. The zero-order chi connectivity index (χ0) is 18.0. The van der Waals surface area contributed by atoms with Crippen LogP contribution in [0.25, 0.3) is 0 Å². The Hall–Kier alpha value is -1.91. The topological polar surface area (TPSA) is 135 Å². The van der Waals surface area contributed by atoms with Crippen molar-refractivity contribution in [1.29, 1.82) is 0 Å². The summed E-state index contributed by atoms with van der Waals surface area (Å²) in [5.41, 5.74) is -0.449. The summed E-state index contributed by atoms with van der Waals surface area (Å²) in [6.45, 7) is 4.82. The van der Waals surface area contributed by atoms with Crippen molar-refractivity contribution in [3.05, 3.63) is 18.2 Å². The Morgan fingerprint density at radius 2 is 2.25 bits per heavy atom. The molecule has 1 unspecified atom stereocenters. The van der Waals surface area contributed by atoms with Gasteiger partial charge in [0.25, 0.3) is 10.0 Å². The molecule has 0 aliphatic carbocycles. The summed E-state index contributed by atoms with van der Waals surface area (Å²) in [7, 11) is -3.84. The van der Waals surface area contributed by atoms with E-state index in [-0.39, 0.29) is 11.1 Å². The van der Waals surface area contributed by atoms with Crippen molar-refractivity contribution in [2.45, 2.75) is 36.9 Å². The van der Waals surface area contributed by atoms with Gasteiger partial charge in [0.1, 0.15) is 5.82 Å². The number of sulfonamides is 1. The maximum atomic E-state index is 11.2. The third kappa shape index (κ3) is 4.56. The number of hydrogen-bond acceptors (Lipinski definition) is 6. The van der Waals surface area contributed by atoms with Crippen molar-refractivity contribution in [2.24, 2.45) is 5.14 Å². The van der Waals surface area contributed by atoms with Crippen molar-refractivity contribution in [3.8, 4) is 0 Å².